The second-order valence-corrected chi connectivity index (χ2v) is 11.7. The molecule has 1 saturated carbocycles. The van der Waals surface area contributed by atoms with Crippen LogP contribution < -0.4 is 4.90 Å². The van der Waals surface area contributed by atoms with Crippen molar-refractivity contribution in [2.24, 2.45) is 17.8 Å². The maximum absolute atomic E-state index is 13.3. The Morgan fingerprint density at radius 1 is 0.929 bits per heavy atom. The molecule has 1 aliphatic carbocycles. The minimum atomic E-state index is -0.640. The van der Waals surface area contributed by atoms with E-state index in [1.807, 2.05) is 25.1 Å². The van der Waals surface area contributed by atoms with Gasteiger partial charge >= 0.3 is 5.97 Å². The molecule has 2 heterocycles. The molecule has 4 aromatic rings. The number of Topliss-reactive ketones (excluding diaryl/α,β-unsaturated/α-hetero) is 1. The van der Waals surface area contributed by atoms with Crippen molar-refractivity contribution in [2.45, 2.75) is 33.1 Å². The number of benzene rings is 3. The van der Waals surface area contributed by atoms with E-state index < -0.39 is 12.6 Å². The summed E-state index contributed by atoms with van der Waals surface area (Å²) in [4.78, 5) is 58.3. The number of rotatable bonds is 6. The van der Waals surface area contributed by atoms with Gasteiger partial charge in [-0.2, -0.15) is 0 Å². The fourth-order valence-corrected chi connectivity index (χ4v) is 6.14. The zero-order valence-electron chi connectivity index (χ0n) is 23.3. The Morgan fingerprint density at radius 2 is 1.64 bits per heavy atom. The van der Waals surface area contributed by atoms with Crippen LogP contribution >= 0.6 is 11.6 Å². The van der Waals surface area contributed by atoms with Gasteiger partial charge in [-0.1, -0.05) is 42.3 Å². The van der Waals surface area contributed by atoms with Crippen LogP contribution in [0.25, 0.3) is 22.2 Å². The first-order valence-corrected chi connectivity index (χ1v) is 14.4. The molecule has 7 nitrogen and oxygen atoms in total. The molecule has 3 aromatic carbocycles. The zero-order chi connectivity index (χ0) is 29.5. The van der Waals surface area contributed by atoms with E-state index in [0.29, 0.717) is 44.4 Å². The standard InChI is InChI=1S/C34H29ClN2O5/c1-19-3-13-25-27(16-19)33(40)37(32(25)39)24-11-7-21(8-12-24)30-17-28(26-15-20(2)4-14-29(26)36-30)34(41)42-18-31(38)22-5-9-23(35)10-6-22/h4-12,14-15,17,19,25,27H,3,13,16,18H2,1-2H3/t19-,25+,27+/m1/s1. The number of halogens is 1. The van der Waals surface area contributed by atoms with Crippen LogP contribution in [0.3, 0.4) is 0 Å². The molecular weight excluding hydrogens is 552 g/mol. The largest absolute Gasteiger partial charge is 0.454 e. The number of aryl methyl sites for hydroxylation is 1. The third-order valence-electron chi connectivity index (χ3n) is 8.29. The van der Waals surface area contributed by atoms with Gasteiger partial charge in [-0.3, -0.25) is 19.3 Å². The van der Waals surface area contributed by atoms with E-state index in [9.17, 15) is 19.2 Å². The summed E-state index contributed by atoms with van der Waals surface area (Å²) >= 11 is 5.91. The van der Waals surface area contributed by atoms with E-state index in [4.69, 9.17) is 21.3 Å². The van der Waals surface area contributed by atoms with E-state index in [1.54, 1.807) is 54.6 Å². The molecule has 2 fully saturated rings. The monoisotopic (exact) mass is 580 g/mol. The molecule has 212 valence electrons. The molecule has 1 aliphatic heterocycles. The molecule has 0 bridgehead atoms. The maximum Gasteiger partial charge on any atom is 0.339 e. The van der Waals surface area contributed by atoms with Crippen LogP contribution in [-0.2, 0) is 14.3 Å². The number of esters is 1. The number of ketones is 1. The molecule has 8 heteroatoms. The number of carbonyl (C=O) groups excluding carboxylic acids is 4. The summed E-state index contributed by atoms with van der Waals surface area (Å²) in [6.45, 7) is 3.63. The predicted molar refractivity (Wildman–Crippen MR) is 160 cm³/mol. The first-order chi connectivity index (χ1) is 20.2. The number of pyridine rings is 1. The van der Waals surface area contributed by atoms with Gasteiger partial charge in [0.05, 0.1) is 34.3 Å². The van der Waals surface area contributed by atoms with Crippen LogP contribution in [0, 0.1) is 24.7 Å². The summed E-state index contributed by atoms with van der Waals surface area (Å²) in [6.07, 6.45) is 2.45. The Kier molecular flexibility index (Phi) is 7.37. The molecule has 1 aromatic heterocycles. The first kappa shape index (κ1) is 27.8. The molecule has 6 rings (SSSR count). The van der Waals surface area contributed by atoms with Gasteiger partial charge in [0.1, 0.15) is 0 Å². The van der Waals surface area contributed by atoms with E-state index in [2.05, 4.69) is 6.92 Å². The lowest BCUT2D eigenvalue weighted by molar-refractivity contribution is -0.122. The Hall–Kier alpha value is -4.36. The normalized spacial score (nSPS) is 20.1. The Balaban J connectivity index is 1.27. The highest BCUT2D eigenvalue weighted by Gasteiger charge is 2.49. The molecular formula is C34H29ClN2O5. The molecule has 2 amide bonds. The number of aromatic nitrogens is 1. The van der Waals surface area contributed by atoms with Crippen molar-refractivity contribution < 1.29 is 23.9 Å². The lowest BCUT2D eigenvalue weighted by Gasteiger charge is -2.25. The number of carbonyl (C=O) groups is 4. The molecule has 0 radical (unpaired) electrons. The van der Waals surface area contributed by atoms with Gasteiger partial charge in [0.15, 0.2) is 12.4 Å². The number of imide groups is 1. The lowest BCUT2D eigenvalue weighted by atomic mass is 9.76. The van der Waals surface area contributed by atoms with Gasteiger partial charge in [-0.05, 0) is 86.7 Å². The highest BCUT2D eigenvalue weighted by atomic mass is 35.5. The van der Waals surface area contributed by atoms with Crippen molar-refractivity contribution in [1.82, 2.24) is 4.98 Å². The summed E-state index contributed by atoms with van der Waals surface area (Å²) < 4.78 is 5.45. The molecule has 0 unspecified atom stereocenters. The number of fused-ring (bicyclic) bond motifs is 2. The highest BCUT2D eigenvalue weighted by molar-refractivity contribution is 6.30. The number of ether oxygens (including phenoxy) is 1. The van der Waals surface area contributed by atoms with Gasteiger partial charge in [0.25, 0.3) is 0 Å². The highest BCUT2D eigenvalue weighted by Crippen LogP contribution is 2.42. The fraction of sp³-hybridized carbons (Fsp3) is 0.265. The SMILES string of the molecule is Cc1ccc2nc(-c3ccc(N4C(=O)[C@H]5CC[C@@H](C)C[C@@H]5C4=O)cc3)cc(C(=O)OCC(=O)c3ccc(Cl)cc3)c2c1. The second-order valence-electron chi connectivity index (χ2n) is 11.3. The van der Waals surface area contributed by atoms with Crippen molar-refractivity contribution in [3.05, 3.63) is 94.5 Å². The van der Waals surface area contributed by atoms with Crippen LogP contribution in [-0.4, -0.2) is 35.2 Å². The molecule has 0 spiro atoms. The van der Waals surface area contributed by atoms with E-state index in [-0.39, 0.29) is 35.0 Å². The van der Waals surface area contributed by atoms with E-state index in [1.165, 1.54) is 4.90 Å². The minimum absolute atomic E-state index is 0.123. The van der Waals surface area contributed by atoms with Gasteiger partial charge in [-0.25, -0.2) is 9.78 Å². The van der Waals surface area contributed by atoms with Crippen LogP contribution in [0.5, 0.6) is 0 Å². The molecule has 2 aliphatic rings. The van der Waals surface area contributed by atoms with Crippen molar-refractivity contribution in [3.63, 3.8) is 0 Å². The van der Waals surface area contributed by atoms with Gasteiger partial charge in [0, 0.05) is 21.5 Å². The molecule has 3 atom stereocenters. The van der Waals surface area contributed by atoms with Crippen LogP contribution in [0.4, 0.5) is 5.69 Å². The minimum Gasteiger partial charge on any atom is -0.454 e. The van der Waals surface area contributed by atoms with Crippen LogP contribution in [0.2, 0.25) is 5.02 Å². The van der Waals surface area contributed by atoms with Crippen molar-refractivity contribution >= 4 is 51.8 Å². The molecule has 0 N–H and O–H groups in total. The Labute approximate surface area is 248 Å². The summed E-state index contributed by atoms with van der Waals surface area (Å²) in [5, 5.41) is 1.12. The van der Waals surface area contributed by atoms with E-state index >= 15 is 0 Å². The van der Waals surface area contributed by atoms with Gasteiger partial charge in [-0.15, -0.1) is 0 Å². The quantitative estimate of drug-likeness (QED) is 0.141. The number of hydrogen-bond acceptors (Lipinski definition) is 6. The smallest absolute Gasteiger partial charge is 0.339 e. The number of nitrogens with zero attached hydrogens (tertiary/aromatic N) is 2. The Morgan fingerprint density at radius 3 is 2.38 bits per heavy atom. The van der Waals surface area contributed by atoms with Gasteiger partial charge in [0.2, 0.25) is 11.8 Å². The number of amides is 2. The first-order valence-electron chi connectivity index (χ1n) is 14.0. The van der Waals surface area contributed by atoms with Crippen molar-refractivity contribution in [1.29, 1.82) is 0 Å². The number of anilines is 1. The number of hydrogen-bond donors (Lipinski definition) is 0. The third-order valence-corrected chi connectivity index (χ3v) is 8.55. The van der Waals surface area contributed by atoms with Crippen molar-refractivity contribution in [3.8, 4) is 11.3 Å². The third kappa shape index (κ3) is 5.21. The molecule has 1 saturated heterocycles. The molecule has 42 heavy (non-hydrogen) atoms. The van der Waals surface area contributed by atoms with Crippen LogP contribution in [0.15, 0.2) is 72.8 Å². The summed E-state index contributed by atoms with van der Waals surface area (Å²) in [5.74, 6) is -1.27. The summed E-state index contributed by atoms with van der Waals surface area (Å²) in [5.41, 5.74) is 3.99. The Bertz CT molecular complexity index is 1730. The average Bonchev–Trinajstić information content (AvgIpc) is 3.24. The summed E-state index contributed by atoms with van der Waals surface area (Å²) in [6, 6.07) is 20.7. The van der Waals surface area contributed by atoms with Crippen LogP contribution in [0.1, 0.15) is 52.5 Å². The summed E-state index contributed by atoms with van der Waals surface area (Å²) in [7, 11) is 0. The maximum atomic E-state index is 13.3. The van der Waals surface area contributed by atoms with E-state index in [0.717, 1.165) is 24.8 Å². The predicted octanol–water partition coefficient (Wildman–Crippen LogP) is 6.83. The average molecular weight is 581 g/mol. The lowest BCUT2D eigenvalue weighted by Crippen LogP contribution is -2.30. The van der Waals surface area contributed by atoms with Crippen molar-refractivity contribution in [2.75, 3.05) is 11.5 Å². The zero-order valence-corrected chi connectivity index (χ0v) is 24.1. The fourth-order valence-electron chi connectivity index (χ4n) is 6.01. The topological polar surface area (TPSA) is 93.6 Å². The second kappa shape index (κ2) is 11.1. The van der Waals surface area contributed by atoms with Gasteiger partial charge < -0.3 is 4.74 Å².